The molecule has 0 aliphatic heterocycles. The summed E-state index contributed by atoms with van der Waals surface area (Å²) in [6, 6.07) is 17.3. The highest BCUT2D eigenvalue weighted by molar-refractivity contribution is 5.78. The zero-order valence-electron chi connectivity index (χ0n) is 21.8. The lowest BCUT2D eigenvalue weighted by atomic mass is 9.72. The summed E-state index contributed by atoms with van der Waals surface area (Å²) in [5, 5.41) is 7.86. The van der Waals surface area contributed by atoms with Crippen LogP contribution in [0.3, 0.4) is 0 Å². The molecule has 5 rings (SSSR count). The van der Waals surface area contributed by atoms with E-state index in [0.29, 0.717) is 17.8 Å². The van der Waals surface area contributed by atoms with E-state index in [2.05, 4.69) is 107 Å². The van der Waals surface area contributed by atoms with Crippen molar-refractivity contribution >= 4 is 22.7 Å². The lowest BCUT2D eigenvalue weighted by Gasteiger charge is -2.41. The molecule has 3 atom stereocenters. The molecule has 0 radical (unpaired) electrons. The summed E-state index contributed by atoms with van der Waals surface area (Å²) < 4.78 is 0. The Kier molecular flexibility index (Phi) is 5.58. The van der Waals surface area contributed by atoms with Gasteiger partial charge in [0.2, 0.25) is 0 Å². The van der Waals surface area contributed by atoms with Gasteiger partial charge in [-0.2, -0.15) is 0 Å². The zero-order chi connectivity index (χ0) is 25.1. The number of allylic oxidation sites excluding steroid dienone is 1. The first-order valence-corrected chi connectivity index (χ1v) is 12.7. The summed E-state index contributed by atoms with van der Waals surface area (Å²) in [4.78, 5) is 0. The van der Waals surface area contributed by atoms with Gasteiger partial charge in [0, 0.05) is 11.5 Å². The lowest BCUT2D eigenvalue weighted by Crippen LogP contribution is -2.45. The van der Waals surface area contributed by atoms with Crippen molar-refractivity contribution in [2.45, 2.75) is 59.5 Å². The van der Waals surface area contributed by atoms with Crippen LogP contribution < -0.4 is 22.1 Å². The van der Waals surface area contributed by atoms with Gasteiger partial charge >= 0.3 is 0 Å². The van der Waals surface area contributed by atoms with Crippen molar-refractivity contribution in [2.75, 3.05) is 22.1 Å². The van der Waals surface area contributed by atoms with Crippen molar-refractivity contribution in [3.63, 3.8) is 0 Å². The third kappa shape index (κ3) is 3.67. The first kappa shape index (κ1) is 23.3. The predicted molar refractivity (Wildman–Crippen MR) is 150 cm³/mol. The fraction of sp³-hybridized carbons (Fsp3) is 0.355. The molecule has 0 saturated carbocycles. The first-order valence-electron chi connectivity index (χ1n) is 12.7. The molecule has 3 unspecified atom stereocenters. The summed E-state index contributed by atoms with van der Waals surface area (Å²) >= 11 is 0. The second-order valence-electron chi connectivity index (χ2n) is 10.8. The van der Waals surface area contributed by atoms with Crippen molar-refractivity contribution < 1.29 is 0 Å². The van der Waals surface area contributed by atoms with E-state index >= 15 is 0 Å². The minimum atomic E-state index is -0.651. The van der Waals surface area contributed by atoms with Crippen LogP contribution in [0, 0.1) is 39.5 Å². The van der Waals surface area contributed by atoms with Gasteiger partial charge in [-0.15, -0.1) is 0 Å². The molecule has 4 nitrogen and oxygen atoms in total. The standard InChI is InChI=1S/C31H38N4/c1-17-11-12-25-30(22(17)6)23-9-7-8-10-24(23)31(25,34-28-15-20(4)18(2)13-26(28)32)35-29-16-21(5)19(3)14-27(29)33/h7-10,12-17,22,30,34-35H,11,32-33H2,1-6H3. The highest BCUT2D eigenvalue weighted by Crippen LogP contribution is 2.57. The number of nitrogens with two attached hydrogens (primary N) is 2. The topological polar surface area (TPSA) is 76.1 Å². The quantitative estimate of drug-likeness (QED) is 0.187. The highest BCUT2D eigenvalue weighted by Gasteiger charge is 2.52. The van der Waals surface area contributed by atoms with Crippen molar-refractivity contribution in [3.05, 3.63) is 93.6 Å². The Hall–Kier alpha value is -3.40. The van der Waals surface area contributed by atoms with E-state index in [-0.39, 0.29) is 0 Å². The number of fused-ring (bicyclic) bond motifs is 3. The molecule has 0 fully saturated rings. The van der Waals surface area contributed by atoms with E-state index in [1.54, 1.807) is 0 Å². The van der Waals surface area contributed by atoms with Crippen molar-refractivity contribution in [3.8, 4) is 0 Å². The van der Waals surface area contributed by atoms with E-state index in [9.17, 15) is 0 Å². The van der Waals surface area contributed by atoms with Crippen LogP contribution in [0.1, 0.15) is 59.6 Å². The molecule has 2 aliphatic carbocycles. The Balaban J connectivity index is 1.76. The number of hydrogen-bond donors (Lipinski definition) is 4. The Morgan fingerprint density at radius 3 is 1.86 bits per heavy atom. The van der Waals surface area contributed by atoms with E-state index in [4.69, 9.17) is 11.5 Å². The SMILES string of the molecule is Cc1cc(N)c(NC2(Nc3cc(C)c(C)cc3N)C3=CCC(C)C(C)C3c3ccccc32)cc1C. The number of benzene rings is 3. The third-order valence-electron chi connectivity index (χ3n) is 8.58. The molecule has 182 valence electrons. The Morgan fingerprint density at radius 1 is 0.771 bits per heavy atom. The van der Waals surface area contributed by atoms with Crippen LogP contribution in [0.2, 0.25) is 0 Å². The van der Waals surface area contributed by atoms with Crippen LogP contribution in [0.15, 0.2) is 60.2 Å². The van der Waals surface area contributed by atoms with E-state index < -0.39 is 5.66 Å². The summed E-state index contributed by atoms with van der Waals surface area (Å²) in [6.45, 7) is 13.2. The average molecular weight is 467 g/mol. The van der Waals surface area contributed by atoms with E-state index in [0.717, 1.165) is 29.2 Å². The van der Waals surface area contributed by atoms with Gasteiger partial charge in [0.1, 0.15) is 0 Å². The van der Waals surface area contributed by atoms with Crippen LogP contribution >= 0.6 is 0 Å². The number of nitrogens with one attached hydrogen (secondary N) is 2. The second kappa shape index (κ2) is 8.37. The molecule has 6 N–H and O–H groups in total. The van der Waals surface area contributed by atoms with E-state index in [1.807, 2.05) is 0 Å². The molecule has 35 heavy (non-hydrogen) atoms. The Morgan fingerprint density at radius 2 is 1.29 bits per heavy atom. The average Bonchev–Trinajstić information content (AvgIpc) is 3.08. The maximum absolute atomic E-state index is 6.60. The van der Waals surface area contributed by atoms with Crippen LogP contribution in [-0.2, 0) is 5.66 Å². The predicted octanol–water partition coefficient (Wildman–Crippen LogP) is 7.16. The van der Waals surface area contributed by atoms with E-state index in [1.165, 1.54) is 39.0 Å². The van der Waals surface area contributed by atoms with Gasteiger partial charge < -0.3 is 22.1 Å². The fourth-order valence-corrected chi connectivity index (χ4v) is 5.98. The van der Waals surface area contributed by atoms with Crippen molar-refractivity contribution in [1.29, 1.82) is 0 Å². The van der Waals surface area contributed by atoms with Crippen LogP contribution in [0.5, 0.6) is 0 Å². The fourth-order valence-electron chi connectivity index (χ4n) is 5.98. The molecule has 0 aromatic heterocycles. The number of nitrogen functional groups attached to an aromatic ring is 2. The monoisotopic (exact) mass is 466 g/mol. The molecule has 0 spiro atoms. The van der Waals surface area contributed by atoms with Gasteiger partial charge in [-0.25, -0.2) is 0 Å². The molecule has 2 aliphatic rings. The summed E-state index contributed by atoms with van der Waals surface area (Å²) in [7, 11) is 0. The third-order valence-corrected chi connectivity index (χ3v) is 8.58. The van der Waals surface area contributed by atoms with Gasteiger partial charge in [0.25, 0.3) is 0 Å². The van der Waals surface area contributed by atoms with Crippen LogP contribution in [0.25, 0.3) is 0 Å². The van der Waals surface area contributed by atoms with Gasteiger partial charge in [0.05, 0.1) is 22.7 Å². The maximum Gasteiger partial charge on any atom is 0.158 e. The van der Waals surface area contributed by atoms with Gasteiger partial charge in [-0.1, -0.05) is 44.2 Å². The molecule has 3 aromatic carbocycles. The molecule has 4 heteroatoms. The smallest absolute Gasteiger partial charge is 0.158 e. The summed E-state index contributed by atoms with van der Waals surface area (Å²) in [6.07, 6.45) is 3.50. The number of hydrogen-bond acceptors (Lipinski definition) is 4. The van der Waals surface area contributed by atoms with Crippen LogP contribution in [0.4, 0.5) is 22.7 Å². The van der Waals surface area contributed by atoms with Gasteiger partial charge in [0.15, 0.2) is 5.66 Å². The minimum Gasteiger partial charge on any atom is -0.397 e. The molecule has 3 aromatic rings. The molecule has 0 bridgehead atoms. The molecule has 0 amide bonds. The number of rotatable bonds is 4. The number of anilines is 4. The Bertz CT molecular complexity index is 1280. The van der Waals surface area contributed by atoms with Gasteiger partial charge in [-0.05, 0) is 104 Å². The normalized spacial score (nSPS) is 22.2. The largest absolute Gasteiger partial charge is 0.397 e. The molecular formula is C31H38N4. The number of aryl methyl sites for hydroxylation is 4. The van der Waals surface area contributed by atoms with Crippen LogP contribution in [-0.4, -0.2) is 0 Å². The highest BCUT2D eigenvalue weighted by atomic mass is 15.2. The molecular weight excluding hydrogens is 428 g/mol. The molecule has 0 heterocycles. The lowest BCUT2D eigenvalue weighted by molar-refractivity contribution is 0.327. The first-order chi connectivity index (χ1) is 16.6. The second-order valence-corrected chi connectivity index (χ2v) is 10.8. The minimum absolute atomic E-state index is 0.329. The van der Waals surface area contributed by atoms with Crippen molar-refractivity contribution in [1.82, 2.24) is 0 Å². The maximum atomic E-state index is 6.60. The molecule has 0 saturated heterocycles. The summed E-state index contributed by atoms with van der Waals surface area (Å²) in [5.41, 5.74) is 24.7. The van der Waals surface area contributed by atoms with Gasteiger partial charge in [-0.3, -0.25) is 0 Å². The van der Waals surface area contributed by atoms with Crippen molar-refractivity contribution in [2.24, 2.45) is 11.8 Å². The zero-order valence-corrected chi connectivity index (χ0v) is 21.8. The summed E-state index contributed by atoms with van der Waals surface area (Å²) in [5.74, 6) is 1.47. The Labute approximate surface area is 209 Å².